The van der Waals surface area contributed by atoms with E-state index in [9.17, 15) is 9.18 Å². The van der Waals surface area contributed by atoms with Crippen molar-refractivity contribution in [2.24, 2.45) is 11.8 Å². The number of hydrogen-bond acceptors (Lipinski definition) is 3. The number of hydrogen-bond donors (Lipinski definition) is 1. The van der Waals surface area contributed by atoms with Gasteiger partial charge in [-0.2, -0.15) is 5.10 Å². The van der Waals surface area contributed by atoms with E-state index in [1.165, 1.54) is 22.9 Å². The smallest absolute Gasteiger partial charge is 0.207 e. The second-order valence-corrected chi connectivity index (χ2v) is 12.3. The maximum Gasteiger partial charge on any atom is 0.207 e. The van der Waals surface area contributed by atoms with Gasteiger partial charge in [0.2, 0.25) is 6.41 Å². The first-order valence-electron chi connectivity index (χ1n) is 16.0. The highest BCUT2D eigenvalue weighted by Gasteiger charge is 2.32. The molecule has 6 heteroatoms. The molecule has 1 aliphatic rings. The predicted molar refractivity (Wildman–Crippen MR) is 174 cm³/mol. The minimum Gasteiger partial charge on any atom is -0.490 e. The van der Waals surface area contributed by atoms with Crippen molar-refractivity contribution in [1.29, 1.82) is 0 Å². The number of nitrogens with one attached hydrogen (secondary N) is 1. The first kappa shape index (κ1) is 35.3. The van der Waals surface area contributed by atoms with E-state index in [1.54, 1.807) is 10.9 Å². The normalized spacial score (nSPS) is 20.0. The summed E-state index contributed by atoms with van der Waals surface area (Å²) in [4.78, 5) is 10.8. The van der Waals surface area contributed by atoms with Crippen LogP contribution in [0.2, 0.25) is 0 Å². The summed E-state index contributed by atoms with van der Waals surface area (Å²) >= 11 is 0. The summed E-state index contributed by atoms with van der Waals surface area (Å²) in [5, 5.41) is 7.20. The van der Waals surface area contributed by atoms with E-state index >= 15 is 0 Å². The molecule has 0 saturated heterocycles. The number of aromatic nitrogens is 2. The van der Waals surface area contributed by atoms with Crippen molar-refractivity contribution in [3.05, 3.63) is 70.1 Å². The summed E-state index contributed by atoms with van der Waals surface area (Å²) < 4.78 is 23.2. The van der Waals surface area contributed by atoms with Gasteiger partial charge in [-0.25, -0.2) is 9.07 Å². The molecule has 0 radical (unpaired) electrons. The number of rotatable bonds is 19. The third-order valence-electron chi connectivity index (χ3n) is 8.67. The second kappa shape index (κ2) is 17.9. The Balaban J connectivity index is 1.96. The van der Waals surface area contributed by atoms with Crippen molar-refractivity contribution in [3.63, 3.8) is 0 Å². The van der Waals surface area contributed by atoms with E-state index in [0.29, 0.717) is 23.8 Å². The van der Waals surface area contributed by atoms with E-state index in [1.807, 2.05) is 6.92 Å². The molecule has 1 aliphatic carbocycles. The molecule has 1 heterocycles. The Bertz CT molecular complexity index is 1150. The molecular weight excluding hydrogens is 525 g/mol. The quantitative estimate of drug-likeness (QED) is 0.101. The molecule has 1 amide bonds. The van der Waals surface area contributed by atoms with Crippen molar-refractivity contribution in [3.8, 4) is 0 Å². The number of aryl methyl sites for hydroxylation is 1. The van der Waals surface area contributed by atoms with E-state index < -0.39 is 0 Å². The van der Waals surface area contributed by atoms with Gasteiger partial charge in [0.1, 0.15) is 17.7 Å². The lowest BCUT2D eigenvalue weighted by Crippen LogP contribution is -2.44. The molecule has 0 bridgehead atoms. The molecule has 2 atom stereocenters. The van der Waals surface area contributed by atoms with Gasteiger partial charge in [0, 0.05) is 24.6 Å². The Kier molecular flexibility index (Phi) is 15.1. The number of nitrogens with zero attached hydrogens (tertiary/aromatic N) is 2. The fourth-order valence-electron chi connectivity index (χ4n) is 5.34. The molecule has 1 fully saturated rings. The lowest BCUT2D eigenvalue weighted by Gasteiger charge is -2.37. The highest BCUT2D eigenvalue weighted by molar-refractivity contribution is 5.47. The van der Waals surface area contributed by atoms with Crippen LogP contribution in [0.3, 0.4) is 0 Å². The van der Waals surface area contributed by atoms with Crippen LogP contribution < -0.4 is 5.32 Å². The Hall–Kier alpha value is -2.89. The largest absolute Gasteiger partial charge is 0.490 e. The van der Waals surface area contributed by atoms with Crippen LogP contribution in [0.15, 0.2) is 58.8 Å². The molecular formula is C36H56FN3O2. The first-order valence-corrected chi connectivity index (χ1v) is 16.0. The topological polar surface area (TPSA) is 56.1 Å². The van der Waals surface area contributed by atoms with Crippen LogP contribution in [0.25, 0.3) is 6.20 Å². The summed E-state index contributed by atoms with van der Waals surface area (Å²) in [7, 11) is 0. The van der Waals surface area contributed by atoms with E-state index in [-0.39, 0.29) is 18.0 Å². The standard InChI is InChI=1S/C36H56FN3O2/c1-10-14-35-30(9)22-39-40(35)23-34(37)29(8)18-17-26(5)15-13-16-28(7)33(19-25(4)11-2)36(27(6)12-3)42-32-20-31(21-32)38-24-41/h11,19,22-24,26,28,31-32H,8,10,12-18,20-21H2,1-7,9H3,(H,38,41)/b25-11-,33-19-,34-23+,36-27-. The van der Waals surface area contributed by atoms with Crippen molar-refractivity contribution in [1.82, 2.24) is 15.1 Å². The van der Waals surface area contributed by atoms with E-state index in [4.69, 9.17) is 4.74 Å². The zero-order valence-electron chi connectivity index (χ0n) is 27.6. The molecule has 1 aromatic heterocycles. The third kappa shape index (κ3) is 10.7. The van der Waals surface area contributed by atoms with Crippen LogP contribution in [-0.2, 0) is 16.0 Å². The average Bonchev–Trinajstić information content (AvgIpc) is 3.29. The van der Waals surface area contributed by atoms with Gasteiger partial charge in [-0.05, 0) is 93.9 Å². The molecule has 0 aromatic carbocycles. The number of amides is 1. The van der Waals surface area contributed by atoms with E-state index in [2.05, 4.69) is 77.6 Å². The Morgan fingerprint density at radius 2 is 1.95 bits per heavy atom. The van der Waals surface area contributed by atoms with Gasteiger partial charge in [0.25, 0.3) is 0 Å². The van der Waals surface area contributed by atoms with Gasteiger partial charge in [-0.3, -0.25) is 4.79 Å². The zero-order valence-corrected chi connectivity index (χ0v) is 27.6. The molecule has 1 N–H and O–H groups in total. The summed E-state index contributed by atoms with van der Waals surface area (Å²) in [6.07, 6.45) is 17.9. The molecule has 2 unspecified atom stereocenters. The number of carbonyl (C=O) groups is 1. The Labute approximate surface area is 255 Å². The third-order valence-corrected chi connectivity index (χ3v) is 8.67. The van der Waals surface area contributed by atoms with Crippen LogP contribution >= 0.6 is 0 Å². The van der Waals surface area contributed by atoms with Gasteiger partial charge in [0.15, 0.2) is 0 Å². The molecule has 42 heavy (non-hydrogen) atoms. The SMILES string of the molecule is C=C(CCC(C)CCCC(C)C(=C/C(C)=C\C)/C(OC1CC(NC=O)C1)=C(\C)CC)/C(F)=C\n1ncc(C)c1CCC. The summed E-state index contributed by atoms with van der Waals surface area (Å²) in [5.41, 5.74) is 6.45. The maximum absolute atomic E-state index is 14.9. The molecule has 5 nitrogen and oxygen atoms in total. The number of ether oxygens (including phenoxy) is 1. The molecule has 1 aromatic rings. The van der Waals surface area contributed by atoms with Gasteiger partial charge in [-0.1, -0.05) is 71.3 Å². The number of allylic oxidation sites excluding steroid dienone is 7. The van der Waals surface area contributed by atoms with Gasteiger partial charge in [-0.15, -0.1) is 0 Å². The fourth-order valence-corrected chi connectivity index (χ4v) is 5.34. The van der Waals surface area contributed by atoms with Crippen LogP contribution in [0.5, 0.6) is 0 Å². The Morgan fingerprint density at radius 1 is 1.24 bits per heavy atom. The number of halogens is 1. The van der Waals surface area contributed by atoms with Crippen molar-refractivity contribution in [2.45, 2.75) is 132 Å². The summed E-state index contributed by atoms with van der Waals surface area (Å²) in [5.74, 6) is 1.57. The van der Waals surface area contributed by atoms with Crippen LogP contribution in [0.4, 0.5) is 4.39 Å². The summed E-state index contributed by atoms with van der Waals surface area (Å²) in [6.45, 7) is 21.3. The van der Waals surface area contributed by atoms with Crippen molar-refractivity contribution in [2.75, 3.05) is 0 Å². The first-order chi connectivity index (χ1) is 20.0. The lowest BCUT2D eigenvalue weighted by molar-refractivity contribution is -0.111. The lowest BCUT2D eigenvalue weighted by atomic mass is 9.86. The second-order valence-electron chi connectivity index (χ2n) is 12.3. The van der Waals surface area contributed by atoms with Crippen molar-refractivity contribution < 1.29 is 13.9 Å². The Morgan fingerprint density at radius 3 is 2.57 bits per heavy atom. The molecule has 0 spiro atoms. The van der Waals surface area contributed by atoms with Crippen LogP contribution in [0, 0.1) is 18.8 Å². The minimum absolute atomic E-state index is 0.138. The van der Waals surface area contributed by atoms with Gasteiger partial charge >= 0.3 is 0 Å². The van der Waals surface area contributed by atoms with E-state index in [0.717, 1.165) is 81.2 Å². The molecule has 0 aliphatic heterocycles. The fraction of sp³-hybridized carbons (Fsp3) is 0.611. The molecule has 2 rings (SSSR count). The molecule has 234 valence electrons. The zero-order chi connectivity index (χ0) is 31.2. The minimum atomic E-state index is -0.282. The maximum atomic E-state index is 14.9. The van der Waals surface area contributed by atoms with Crippen molar-refractivity contribution >= 4 is 12.6 Å². The predicted octanol–water partition coefficient (Wildman–Crippen LogP) is 9.56. The van der Waals surface area contributed by atoms with Crippen LogP contribution in [0.1, 0.15) is 118 Å². The summed E-state index contributed by atoms with van der Waals surface area (Å²) in [6, 6.07) is 0.215. The number of carbonyl (C=O) groups excluding carboxylic acids is 1. The van der Waals surface area contributed by atoms with Gasteiger partial charge < -0.3 is 10.1 Å². The van der Waals surface area contributed by atoms with Gasteiger partial charge in [0.05, 0.1) is 12.4 Å². The monoisotopic (exact) mass is 581 g/mol. The highest BCUT2D eigenvalue weighted by atomic mass is 19.1. The average molecular weight is 582 g/mol. The molecule has 1 saturated carbocycles. The van der Waals surface area contributed by atoms with Crippen LogP contribution in [-0.4, -0.2) is 28.3 Å². The highest BCUT2D eigenvalue weighted by Crippen LogP contribution is 2.35.